The van der Waals surface area contributed by atoms with Crippen molar-refractivity contribution in [1.82, 2.24) is 0 Å². The monoisotopic (exact) mass is 410 g/mol. The zero-order valence-electron chi connectivity index (χ0n) is 16.9. The molecule has 29 heavy (non-hydrogen) atoms. The first-order valence-electron chi connectivity index (χ1n) is 9.52. The molecule has 2 aliphatic rings. The summed E-state index contributed by atoms with van der Waals surface area (Å²) in [6.07, 6.45) is 7.98. The van der Waals surface area contributed by atoms with Gasteiger partial charge in [-0.15, -0.1) is 12.4 Å². The Balaban J connectivity index is 0.000000200. The second kappa shape index (κ2) is 10.7. The highest BCUT2D eigenvalue weighted by atomic mass is 35.5. The van der Waals surface area contributed by atoms with E-state index in [-0.39, 0.29) is 12.4 Å². The third-order valence-electron chi connectivity index (χ3n) is 5.26. The summed E-state index contributed by atoms with van der Waals surface area (Å²) in [4.78, 5) is 0. The largest absolute Gasteiger partial charge is 0.497 e. The van der Waals surface area contributed by atoms with Crippen molar-refractivity contribution in [2.45, 2.75) is 25.7 Å². The van der Waals surface area contributed by atoms with Crippen molar-refractivity contribution in [3.8, 4) is 17.6 Å². The van der Waals surface area contributed by atoms with Crippen molar-refractivity contribution in [3.63, 3.8) is 0 Å². The van der Waals surface area contributed by atoms with Crippen LogP contribution in [0.15, 0.2) is 48.6 Å². The van der Waals surface area contributed by atoms with Gasteiger partial charge in [0.15, 0.2) is 0 Å². The van der Waals surface area contributed by atoms with E-state index >= 15 is 0 Å². The van der Waals surface area contributed by atoms with Crippen LogP contribution in [0.3, 0.4) is 0 Å². The van der Waals surface area contributed by atoms with E-state index in [1.807, 2.05) is 18.2 Å². The molecule has 0 aliphatic heterocycles. The molecule has 2 aromatic carbocycles. The number of hydrogen-bond acceptors (Lipinski definition) is 4. The number of methoxy groups -OCH3 is 2. The van der Waals surface area contributed by atoms with Gasteiger partial charge in [0.25, 0.3) is 0 Å². The molecule has 0 saturated carbocycles. The number of hydrogen-bond donors (Lipinski definition) is 1. The average Bonchev–Trinajstić information content (AvgIpc) is 3.32. The van der Waals surface area contributed by atoms with Crippen LogP contribution in [0.4, 0.5) is 0 Å². The Morgan fingerprint density at radius 2 is 1.41 bits per heavy atom. The summed E-state index contributed by atoms with van der Waals surface area (Å²) in [5, 5.41) is 8.62. The number of fused-ring (bicyclic) bond motifs is 2. The zero-order chi connectivity index (χ0) is 19.9. The second-order valence-corrected chi connectivity index (χ2v) is 6.81. The molecule has 2 N–H and O–H groups in total. The molecule has 4 nitrogen and oxygen atoms in total. The van der Waals surface area contributed by atoms with E-state index in [0.29, 0.717) is 6.54 Å². The lowest BCUT2D eigenvalue weighted by atomic mass is 10.1. The number of rotatable bonds is 3. The molecule has 0 spiro atoms. The molecule has 0 amide bonds. The van der Waals surface area contributed by atoms with Crippen molar-refractivity contribution >= 4 is 23.6 Å². The molecule has 0 fully saturated rings. The molecule has 0 radical (unpaired) electrons. The average molecular weight is 411 g/mol. The van der Waals surface area contributed by atoms with Crippen LogP contribution in [-0.4, -0.2) is 20.8 Å². The highest BCUT2D eigenvalue weighted by molar-refractivity contribution is 5.85. The third kappa shape index (κ3) is 5.20. The van der Waals surface area contributed by atoms with Gasteiger partial charge in [-0.05, 0) is 83.3 Å². The minimum atomic E-state index is 0. The summed E-state index contributed by atoms with van der Waals surface area (Å²) in [6.45, 7) is 0.617. The maximum atomic E-state index is 8.62. The van der Waals surface area contributed by atoms with E-state index in [2.05, 4.69) is 30.3 Å². The first-order chi connectivity index (χ1) is 13.7. The van der Waals surface area contributed by atoms with Crippen LogP contribution in [0.2, 0.25) is 0 Å². The van der Waals surface area contributed by atoms with Gasteiger partial charge in [-0.25, -0.2) is 0 Å². The normalized spacial score (nSPS) is 16.2. The Morgan fingerprint density at radius 3 is 1.90 bits per heavy atom. The Labute approximate surface area is 179 Å². The molecular weight excluding hydrogens is 384 g/mol. The van der Waals surface area contributed by atoms with E-state index in [1.165, 1.54) is 27.8 Å². The molecule has 152 valence electrons. The van der Waals surface area contributed by atoms with Gasteiger partial charge in [-0.2, -0.15) is 5.26 Å². The van der Waals surface area contributed by atoms with Crippen molar-refractivity contribution in [2.24, 2.45) is 5.73 Å². The lowest BCUT2D eigenvalue weighted by Gasteiger charge is -2.04. The Bertz CT molecular complexity index is 958. The fourth-order valence-corrected chi connectivity index (χ4v) is 3.79. The first-order valence-corrected chi connectivity index (χ1v) is 9.52. The van der Waals surface area contributed by atoms with Crippen LogP contribution in [0.5, 0.6) is 11.5 Å². The highest BCUT2D eigenvalue weighted by Gasteiger charge is 2.17. The second-order valence-electron chi connectivity index (χ2n) is 6.81. The lowest BCUT2D eigenvalue weighted by molar-refractivity contribution is 0.414. The van der Waals surface area contributed by atoms with Crippen LogP contribution >= 0.6 is 12.4 Å². The molecule has 0 unspecified atom stereocenters. The smallest absolute Gasteiger partial charge is 0.119 e. The number of aryl methyl sites for hydroxylation is 2. The van der Waals surface area contributed by atoms with Crippen molar-refractivity contribution in [1.29, 1.82) is 5.26 Å². The van der Waals surface area contributed by atoms with Gasteiger partial charge in [0.1, 0.15) is 11.5 Å². The standard InChI is InChI=1S/C12H15NO.C12H11NO.ClH/c2*1-14-11-5-4-9-2-3-10(6-7-13)12(9)8-11;/h4-6,8H,2-3,7,13H2,1H3;4-6,8H,2-3H2,1H3;1H/b2*10-6+;. The maximum absolute atomic E-state index is 8.62. The SMILES string of the molecule is COc1ccc2c(c1)/C(=C/C#N)CC2.COc1ccc2c(c1)/C(=C/CN)CC2.Cl. The lowest BCUT2D eigenvalue weighted by Crippen LogP contribution is -1.94. The van der Waals surface area contributed by atoms with Crippen LogP contribution in [0.1, 0.15) is 35.1 Å². The van der Waals surface area contributed by atoms with Crippen LogP contribution in [-0.2, 0) is 12.8 Å². The Hall–Kier alpha value is -2.74. The number of halogens is 1. The molecule has 2 aliphatic carbocycles. The van der Waals surface area contributed by atoms with Gasteiger partial charge in [-0.1, -0.05) is 18.2 Å². The minimum absolute atomic E-state index is 0. The van der Waals surface area contributed by atoms with Crippen LogP contribution in [0, 0.1) is 11.3 Å². The predicted molar refractivity (Wildman–Crippen MR) is 120 cm³/mol. The van der Waals surface area contributed by atoms with Gasteiger partial charge in [0.2, 0.25) is 0 Å². The van der Waals surface area contributed by atoms with E-state index in [0.717, 1.165) is 42.8 Å². The third-order valence-corrected chi connectivity index (χ3v) is 5.26. The maximum Gasteiger partial charge on any atom is 0.119 e. The molecule has 2 aromatic rings. The topological polar surface area (TPSA) is 68.3 Å². The fourth-order valence-electron chi connectivity index (χ4n) is 3.79. The van der Waals surface area contributed by atoms with Gasteiger partial charge in [0.05, 0.1) is 20.3 Å². The van der Waals surface area contributed by atoms with E-state index in [1.54, 1.807) is 20.3 Å². The van der Waals surface area contributed by atoms with Crippen LogP contribution < -0.4 is 15.2 Å². The zero-order valence-corrected chi connectivity index (χ0v) is 17.7. The summed E-state index contributed by atoms with van der Waals surface area (Å²) < 4.78 is 10.4. The van der Waals surface area contributed by atoms with Gasteiger partial charge < -0.3 is 15.2 Å². The quantitative estimate of drug-likeness (QED) is 0.726. The molecule has 0 aromatic heterocycles. The number of allylic oxidation sites excluding steroid dienone is 3. The molecule has 4 rings (SSSR count). The number of benzene rings is 2. The summed E-state index contributed by atoms with van der Waals surface area (Å²) in [5.41, 5.74) is 13.2. The number of ether oxygens (including phenoxy) is 2. The van der Waals surface area contributed by atoms with Crippen molar-refractivity contribution < 1.29 is 9.47 Å². The summed E-state index contributed by atoms with van der Waals surface area (Å²) in [6, 6.07) is 14.4. The summed E-state index contributed by atoms with van der Waals surface area (Å²) in [5.74, 6) is 1.78. The number of nitriles is 1. The Morgan fingerprint density at radius 1 is 0.897 bits per heavy atom. The molecule has 0 atom stereocenters. The molecule has 0 heterocycles. The molecule has 5 heteroatoms. The summed E-state index contributed by atoms with van der Waals surface area (Å²) in [7, 11) is 3.35. The molecule has 0 saturated heterocycles. The van der Waals surface area contributed by atoms with Gasteiger partial charge >= 0.3 is 0 Å². The van der Waals surface area contributed by atoms with E-state index in [4.69, 9.17) is 20.5 Å². The van der Waals surface area contributed by atoms with Crippen molar-refractivity contribution in [2.75, 3.05) is 20.8 Å². The fraction of sp³-hybridized carbons (Fsp3) is 0.292. The predicted octanol–water partition coefficient (Wildman–Crippen LogP) is 4.95. The molecular formula is C24H27ClN2O2. The summed E-state index contributed by atoms with van der Waals surface area (Å²) >= 11 is 0. The highest BCUT2D eigenvalue weighted by Crippen LogP contribution is 2.35. The Kier molecular flexibility index (Phi) is 8.33. The van der Waals surface area contributed by atoms with Crippen LogP contribution in [0.25, 0.3) is 11.1 Å². The van der Waals surface area contributed by atoms with Gasteiger partial charge in [-0.3, -0.25) is 0 Å². The van der Waals surface area contributed by atoms with Crippen molar-refractivity contribution in [3.05, 3.63) is 70.8 Å². The first kappa shape index (κ1) is 22.5. The van der Waals surface area contributed by atoms with E-state index < -0.39 is 0 Å². The number of nitrogens with two attached hydrogens (primary N) is 1. The minimum Gasteiger partial charge on any atom is -0.497 e. The van der Waals surface area contributed by atoms with E-state index in [9.17, 15) is 0 Å². The molecule has 0 bridgehead atoms. The number of nitrogens with zero attached hydrogens (tertiary/aromatic N) is 1. The van der Waals surface area contributed by atoms with Gasteiger partial charge in [0, 0.05) is 12.6 Å².